The summed E-state index contributed by atoms with van der Waals surface area (Å²) in [5.74, 6) is 0.668. The van der Waals surface area contributed by atoms with Crippen LogP contribution in [0.4, 0.5) is 0 Å². The minimum atomic E-state index is 0.630. The Morgan fingerprint density at radius 1 is 1.15 bits per heavy atom. The van der Waals surface area contributed by atoms with E-state index >= 15 is 0 Å². The first-order valence-corrected chi connectivity index (χ1v) is 5.52. The van der Waals surface area contributed by atoms with Gasteiger partial charge in [-0.25, -0.2) is 0 Å². The first-order chi connectivity index (χ1) is 6.29. The Balaban J connectivity index is 3.84. The lowest BCUT2D eigenvalue weighted by molar-refractivity contribution is 0.126. The topological polar surface area (TPSA) is 21.3 Å². The number of nitrogens with one attached hydrogen (secondary N) is 1. The number of hydrogen-bond acceptors (Lipinski definition) is 2. The summed E-state index contributed by atoms with van der Waals surface area (Å²) in [4.78, 5) is 0. The minimum absolute atomic E-state index is 0.630. The molecule has 0 rings (SSSR count). The molecule has 2 unspecified atom stereocenters. The van der Waals surface area contributed by atoms with E-state index in [0.717, 1.165) is 13.2 Å². The predicted octanol–water partition coefficient (Wildman–Crippen LogP) is 2.44. The maximum Gasteiger partial charge on any atom is 0.0505 e. The van der Waals surface area contributed by atoms with Gasteiger partial charge in [0.15, 0.2) is 0 Å². The summed E-state index contributed by atoms with van der Waals surface area (Å²) < 4.78 is 5.22. The van der Waals surface area contributed by atoms with Crippen molar-refractivity contribution in [2.75, 3.05) is 20.3 Å². The quantitative estimate of drug-likeness (QED) is 0.630. The summed E-state index contributed by atoms with van der Waals surface area (Å²) in [7, 11) is 1.79. The van der Waals surface area contributed by atoms with Gasteiger partial charge in [-0.2, -0.15) is 0 Å². The molecule has 0 fully saturated rings. The number of rotatable bonds is 8. The van der Waals surface area contributed by atoms with Crippen LogP contribution in [0.1, 0.15) is 40.0 Å². The molecule has 2 nitrogen and oxygen atoms in total. The molecule has 0 aromatic carbocycles. The molecule has 0 heterocycles. The van der Waals surface area contributed by atoms with Crippen LogP contribution in [0.25, 0.3) is 0 Å². The molecule has 13 heavy (non-hydrogen) atoms. The lowest BCUT2D eigenvalue weighted by Gasteiger charge is -2.25. The van der Waals surface area contributed by atoms with Crippen LogP contribution in [0.2, 0.25) is 0 Å². The van der Waals surface area contributed by atoms with Crippen molar-refractivity contribution in [2.45, 2.75) is 46.1 Å². The van der Waals surface area contributed by atoms with Crippen LogP contribution in [0, 0.1) is 5.92 Å². The molecule has 80 valence electrons. The van der Waals surface area contributed by atoms with Gasteiger partial charge in [0.1, 0.15) is 0 Å². The molecule has 0 aliphatic heterocycles. The summed E-state index contributed by atoms with van der Waals surface area (Å²) >= 11 is 0. The highest BCUT2D eigenvalue weighted by molar-refractivity contribution is 4.73. The Hall–Kier alpha value is -0.0800. The van der Waals surface area contributed by atoms with Crippen molar-refractivity contribution in [1.82, 2.24) is 5.32 Å². The molecule has 0 aliphatic carbocycles. The molecule has 0 bridgehead atoms. The van der Waals surface area contributed by atoms with Crippen LogP contribution in [0.15, 0.2) is 0 Å². The zero-order valence-corrected chi connectivity index (χ0v) is 9.60. The van der Waals surface area contributed by atoms with Gasteiger partial charge in [-0.05, 0) is 31.7 Å². The fraction of sp³-hybridized carbons (Fsp3) is 1.00. The Labute approximate surface area is 83.1 Å². The molecular formula is C11H25NO. The molecule has 0 amide bonds. The molecule has 2 atom stereocenters. The highest BCUT2D eigenvalue weighted by Crippen LogP contribution is 2.12. The lowest BCUT2D eigenvalue weighted by Crippen LogP contribution is -2.38. The van der Waals surface area contributed by atoms with Gasteiger partial charge in [-0.15, -0.1) is 0 Å². The molecule has 0 radical (unpaired) electrons. The molecule has 2 heteroatoms. The zero-order valence-electron chi connectivity index (χ0n) is 9.60. The number of ether oxygens (including phenoxy) is 1. The van der Waals surface area contributed by atoms with Crippen LogP contribution in [-0.2, 0) is 4.74 Å². The smallest absolute Gasteiger partial charge is 0.0505 e. The van der Waals surface area contributed by atoms with Crippen LogP contribution in [0.3, 0.4) is 0 Å². The second-order valence-electron chi connectivity index (χ2n) is 3.59. The van der Waals surface area contributed by atoms with Gasteiger partial charge in [0, 0.05) is 13.2 Å². The van der Waals surface area contributed by atoms with Crippen LogP contribution in [-0.4, -0.2) is 26.3 Å². The summed E-state index contributed by atoms with van der Waals surface area (Å²) in [5, 5.41) is 3.57. The van der Waals surface area contributed by atoms with E-state index in [1.165, 1.54) is 19.3 Å². The maximum atomic E-state index is 5.22. The molecular weight excluding hydrogens is 162 g/mol. The Bertz CT molecular complexity index is 106. The summed E-state index contributed by atoms with van der Waals surface area (Å²) in [5.41, 5.74) is 0. The third kappa shape index (κ3) is 5.27. The lowest BCUT2D eigenvalue weighted by atomic mass is 9.95. The zero-order chi connectivity index (χ0) is 10.1. The van der Waals surface area contributed by atoms with Gasteiger partial charge in [0.25, 0.3) is 0 Å². The molecule has 0 saturated carbocycles. The third-order valence-electron chi connectivity index (χ3n) is 2.57. The summed E-state index contributed by atoms with van der Waals surface area (Å²) in [6.45, 7) is 8.69. The van der Waals surface area contributed by atoms with Crippen molar-refractivity contribution in [1.29, 1.82) is 0 Å². The van der Waals surface area contributed by atoms with E-state index in [1.54, 1.807) is 7.11 Å². The summed E-state index contributed by atoms with van der Waals surface area (Å²) in [6, 6.07) is 0.630. The van der Waals surface area contributed by atoms with Crippen LogP contribution < -0.4 is 5.32 Å². The predicted molar refractivity (Wildman–Crippen MR) is 58.0 cm³/mol. The first kappa shape index (κ1) is 12.9. The van der Waals surface area contributed by atoms with Crippen molar-refractivity contribution < 1.29 is 4.74 Å². The van der Waals surface area contributed by atoms with Crippen molar-refractivity contribution in [2.24, 2.45) is 5.92 Å². The fourth-order valence-corrected chi connectivity index (χ4v) is 1.71. The van der Waals surface area contributed by atoms with E-state index < -0.39 is 0 Å². The van der Waals surface area contributed by atoms with E-state index in [-0.39, 0.29) is 0 Å². The van der Waals surface area contributed by atoms with E-state index in [9.17, 15) is 0 Å². The standard InChI is InChI=1S/C11H25NO/c1-5-8-12-11(7-3)10(6-2)9-13-4/h10-12H,5-9H2,1-4H3. The van der Waals surface area contributed by atoms with Crippen LogP contribution in [0.5, 0.6) is 0 Å². The van der Waals surface area contributed by atoms with Gasteiger partial charge in [-0.3, -0.25) is 0 Å². The van der Waals surface area contributed by atoms with Gasteiger partial charge in [0.05, 0.1) is 6.61 Å². The van der Waals surface area contributed by atoms with E-state index in [1.807, 2.05) is 0 Å². The Morgan fingerprint density at radius 3 is 2.23 bits per heavy atom. The van der Waals surface area contributed by atoms with Gasteiger partial charge in [0.2, 0.25) is 0 Å². The second kappa shape index (κ2) is 8.52. The normalized spacial score (nSPS) is 15.7. The molecule has 1 N–H and O–H groups in total. The van der Waals surface area contributed by atoms with Crippen molar-refractivity contribution in [3.8, 4) is 0 Å². The SMILES string of the molecule is CCCNC(CC)C(CC)COC. The van der Waals surface area contributed by atoms with Gasteiger partial charge >= 0.3 is 0 Å². The maximum absolute atomic E-state index is 5.22. The van der Waals surface area contributed by atoms with Crippen molar-refractivity contribution in [3.05, 3.63) is 0 Å². The van der Waals surface area contributed by atoms with Gasteiger partial charge < -0.3 is 10.1 Å². The summed E-state index contributed by atoms with van der Waals surface area (Å²) in [6.07, 6.45) is 3.60. The largest absolute Gasteiger partial charge is 0.384 e. The molecule has 0 spiro atoms. The molecule has 0 saturated heterocycles. The Morgan fingerprint density at radius 2 is 1.85 bits per heavy atom. The highest BCUT2D eigenvalue weighted by atomic mass is 16.5. The van der Waals surface area contributed by atoms with Gasteiger partial charge in [-0.1, -0.05) is 20.8 Å². The molecule has 0 aromatic rings. The fourth-order valence-electron chi connectivity index (χ4n) is 1.71. The highest BCUT2D eigenvalue weighted by Gasteiger charge is 2.16. The number of methoxy groups -OCH3 is 1. The monoisotopic (exact) mass is 187 g/mol. The average Bonchev–Trinajstić information content (AvgIpc) is 2.17. The van der Waals surface area contributed by atoms with Crippen molar-refractivity contribution >= 4 is 0 Å². The van der Waals surface area contributed by atoms with Crippen molar-refractivity contribution in [3.63, 3.8) is 0 Å². The van der Waals surface area contributed by atoms with E-state index in [2.05, 4.69) is 26.1 Å². The molecule has 0 aliphatic rings. The number of hydrogen-bond donors (Lipinski definition) is 1. The van der Waals surface area contributed by atoms with Crippen LogP contribution >= 0.6 is 0 Å². The Kier molecular flexibility index (Phi) is 8.46. The third-order valence-corrected chi connectivity index (χ3v) is 2.57. The van der Waals surface area contributed by atoms with E-state index in [4.69, 9.17) is 4.74 Å². The molecule has 0 aromatic heterocycles. The average molecular weight is 187 g/mol. The first-order valence-electron chi connectivity index (χ1n) is 5.52. The second-order valence-corrected chi connectivity index (χ2v) is 3.59. The van der Waals surface area contributed by atoms with E-state index in [0.29, 0.717) is 12.0 Å². The minimum Gasteiger partial charge on any atom is -0.384 e.